The summed E-state index contributed by atoms with van der Waals surface area (Å²) in [7, 11) is 2.40. The minimum Gasteiger partial charge on any atom is -1.00 e. The van der Waals surface area contributed by atoms with E-state index in [-0.39, 0.29) is 12.4 Å². The number of quaternary nitrogens is 1. The van der Waals surface area contributed by atoms with E-state index in [9.17, 15) is 0 Å². The van der Waals surface area contributed by atoms with Gasteiger partial charge in [0.25, 0.3) is 0 Å². The van der Waals surface area contributed by atoms with Crippen LogP contribution >= 0.6 is 0 Å². The third kappa shape index (κ3) is 6.09. The van der Waals surface area contributed by atoms with Gasteiger partial charge in [0.05, 0.1) is 20.1 Å². The van der Waals surface area contributed by atoms with Crippen LogP contribution < -0.4 is 12.4 Å². The molecule has 1 aromatic rings. The van der Waals surface area contributed by atoms with Gasteiger partial charge in [-0.05, 0) is 12.8 Å². The molecule has 0 heterocycles. The number of halogens is 1. The average Bonchev–Trinajstić information content (AvgIpc) is 2.28. The Morgan fingerprint density at radius 3 is 2.12 bits per heavy atom. The SMILES string of the molecule is CCCC[N+](C)(CCC)Cc1ccccc1.[Cl-]. The van der Waals surface area contributed by atoms with Crippen molar-refractivity contribution in [2.75, 3.05) is 20.1 Å². The van der Waals surface area contributed by atoms with Crippen molar-refractivity contribution in [3.63, 3.8) is 0 Å². The molecule has 1 rings (SSSR count). The summed E-state index contributed by atoms with van der Waals surface area (Å²) in [5.74, 6) is 0. The first-order chi connectivity index (χ1) is 7.70. The van der Waals surface area contributed by atoms with Crippen LogP contribution in [0, 0.1) is 0 Å². The molecule has 0 radical (unpaired) electrons. The van der Waals surface area contributed by atoms with E-state index < -0.39 is 0 Å². The van der Waals surface area contributed by atoms with Crippen LogP contribution in [0.1, 0.15) is 38.7 Å². The Morgan fingerprint density at radius 1 is 0.941 bits per heavy atom. The molecule has 0 N–H and O–H groups in total. The second-order valence-corrected chi connectivity index (χ2v) is 5.06. The number of nitrogens with zero attached hydrogens (tertiary/aromatic N) is 1. The van der Waals surface area contributed by atoms with Gasteiger partial charge in [0.1, 0.15) is 6.54 Å². The lowest BCUT2D eigenvalue weighted by Crippen LogP contribution is -3.00. The molecule has 1 unspecified atom stereocenters. The van der Waals surface area contributed by atoms with E-state index in [1.807, 2.05) is 0 Å². The van der Waals surface area contributed by atoms with Crippen molar-refractivity contribution in [1.29, 1.82) is 0 Å². The van der Waals surface area contributed by atoms with Crippen LogP contribution in [0.2, 0.25) is 0 Å². The van der Waals surface area contributed by atoms with E-state index >= 15 is 0 Å². The van der Waals surface area contributed by atoms with Crippen molar-refractivity contribution in [3.8, 4) is 0 Å². The highest BCUT2D eigenvalue weighted by atomic mass is 35.5. The fourth-order valence-corrected chi connectivity index (χ4v) is 2.37. The molecular formula is C15H26ClN. The Morgan fingerprint density at radius 2 is 1.59 bits per heavy atom. The first-order valence-electron chi connectivity index (χ1n) is 6.57. The quantitative estimate of drug-likeness (QED) is 0.634. The zero-order valence-corrected chi connectivity index (χ0v) is 12.2. The Hall–Kier alpha value is -0.530. The van der Waals surface area contributed by atoms with Gasteiger partial charge < -0.3 is 16.9 Å². The summed E-state index contributed by atoms with van der Waals surface area (Å²) >= 11 is 0. The van der Waals surface area contributed by atoms with E-state index in [4.69, 9.17) is 0 Å². The Kier molecular flexibility index (Phi) is 8.28. The minimum absolute atomic E-state index is 0. The van der Waals surface area contributed by atoms with Crippen LogP contribution in [0.4, 0.5) is 0 Å². The third-order valence-electron chi connectivity index (χ3n) is 3.22. The summed E-state index contributed by atoms with van der Waals surface area (Å²) in [5.41, 5.74) is 1.47. The average molecular weight is 256 g/mol. The lowest BCUT2D eigenvalue weighted by atomic mass is 10.1. The Balaban J connectivity index is 0.00000256. The molecule has 1 aromatic carbocycles. The van der Waals surface area contributed by atoms with Crippen molar-refractivity contribution in [3.05, 3.63) is 35.9 Å². The maximum absolute atomic E-state index is 2.40. The monoisotopic (exact) mass is 255 g/mol. The molecule has 0 saturated heterocycles. The second kappa shape index (κ2) is 8.54. The molecule has 0 aliphatic rings. The fourth-order valence-electron chi connectivity index (χ4n) is 2.37. The standard InChI is InChI=1S/C15H26N.ClH/c1-4-6-13-16(3,12-5-2)14-15-10-8-7-9-11-15;/h7-11H,4-6,12-14H2,1-3H3;1H/q+1;/p-1. The first kappa shape index (κ1) is 16.5. The number of rotatable bonds is 7. The highest BCUT2D eigenvalue weighted by Gasteiger charge is 2.19. The van der Waals surface area contributed by atoms with Crippen molar-refractivity contribution in [2.45, 2.75) is 39.7 Å². The van der Waals surface area contributed by atoms with E-state index in [1.165, 1.54) is 48.9 Å². The van der Waals surface area contributed by atoms with Gasteiger partial charge in [-0.2, -0.15) is 0 Å². The Labute approximate surface area is 113 Å². The fraction of sp³-hybridized carbons (Fsp3) is 0.600. The summed E-state index contributed by atoms with van der Waals surface area (Å²) in [4.78, 5) is 0. The zero-order valence-electron chi connectivity index (χ0n) is 11.5. The molecular weight excluding hydrogens is 230 g/mol. The number of benzene rings is 1. The maximum Gasteiger partial charge on any atom is 0.104 e. The van der Waals surface area contributed by atoms with Crippen molar-refractivity contribution in [1.82, 2.24) is 0 Å². The second-order valence-electron chi connectivity index (χ2n) is 5.06. The van der Waals surface area contributed by atoms with Crippen LogP contribution in [-0.2, 0) is 6.54 Å². The van der Waals surface area contributed by atoms with Crippen LogP contribution in [-0.4, -0.2) is 24.6 Å². The summed E-state index contributed by atoms with van der Waals surface area (Å²) in [5, 5.41) is 0. The molecule has 0 saturated carbocycles. The van der Waals surface area contributed by atoms with Gasteiger partial charge in [-0.1, -0.05) is 50.6 Å². The smallest absolute Gasteiger partial charge is 0.104 e. The minimum atomic E-state index is 0. The molecule has 0 spiro atoms. The van der Waals surface area contributed by atoms with Crippen molar-refractivity contribution < 1.29 is 16.9 Å². The normalized spacial score (nSPS) is 13.8. The predicted octanol–water partition coefficient (Wildman–Crippen LogP) is 0.847. The summed E-state index contributed by atoms with van der Waals surface area (Å²) in [6.07, 6.45) is 3.91. The van der Waals surface area contributed by atoms with Gasteiger partial charge in [0.2, 0.25) is 0 Å². The molecule has 0 aliphatic carbocycles. The van der Waals surface area contributed by atoms with Crippen LogP contribution in [0.5, 0.6) is 0 Å². The summed E-state index contributed by atoms with van der Waals surface area (Å²) in [6.45, 7) is 8.33. The van der Waals surface area contributed by atoms with Gasteiger partial charge in [-0.3, -0.25) is 0 Å². The van der Waals surface area contributed by atoms with Crippen LogP contribution in [0.25, 0.3) is 0 Å². The molecule has 0 aliphatic heterocycles. The topological polar surface area (TPSA) is 0 Å². The van der Waals surface area contributed by atoms with Gasteiger partial charge >= 0.3 is 0 Å². The largest absolute Gasteiger partial charge is 1.00 e. The van der Waals surface area contributed by atoms with Gasteiger partial charge in [-0.15, -0.1) is 0 Å². The maximum atomic E-state index is 2.40. The van der Waals surface area contributed by atoms with E-state index in [0.29, 0.717) is 0 Å². The van der Waals surface area contributed by atoms with Crippen LogP contribution in [0.3, 0.4) is 0 Å². The molecule has 1 nitrogen and oxygen atoms in total. The molecule has 2 heteroatoms. The van der Waals surface area contributed by atoms with E-state index in [0.717, 1.165) is 0 Å². The predicted molar refractivity (Wildman–Crippen MR) is 71.3 cm³/mol. The zero-order chi connectivity index (χ0) is 11.9. The lowest BCUT2D eigenvalue weighted by Gasteiger charge is -2.34. The number of hydrogen-bond acceptors (Lipinski definition) is 0. The number of hydrogen-bond donors (Lipinski definition) is 0. The van der Waals surface area contributed by atoms with Crippen LogP contribution in [0.15, 0.2) is 30.3 Å². The van der Waals surface area contributed by atoms with Gasteiger partial charge in [0, 0.05) is 5.56 Å². The van der Waals surface area contributed by atoms with Crippen molar-refractivity contribution >= 4 is 0 Å². The van der Waals surface area contributed by atoms with E-state index in [2.05, 4.69) is 51.2 Å². The van der Waals surface area contributed by atoms with Gasteiger partial charge in [-0.25, -0.2) is 0 Å². The first-order valence-corrected chi connectivity index (χ1v) is 6.57. The van der Waals surface area contributed by atoms with Crippen molar-refractivity contribution in [2.24, 2.45) is 0 Å². The summed E-state index contributed by atoms with van der Waals surface area (Å²) in [6, 6.07) is 10.9. The Bertz CT molecular complexity index is 286. The lowest BCUT2D eigenvalue weighted by molar-refractivity contribution is -0.922. The highest BCUT2D eigenvalue weighted by Crippen LogP contribution is 2.14. The molecule has 17 heavy (non-hydrogen) atoms. The van der Waals surface area contributed by atoms with Gasteiger partial charge in [0.15, 0.2) is 0 Å². The third-order valence-corrected chi connectivity index (χ3v) is 3.22. The molecule has 0 bridgehead atoms. The summed E-state index contributed by atoms with van der Waals surface area (Å²) < 4.78 is 1.19. The molecule has 1 atom stereocenters. The molecule has 0 fully saturated rings. The molecule has 98 valence electrons. The molecule has 0 amide bonds. The van der Waals surface area contributed by atoms with E-state index in [1.54, 1.807) is 0 Å². The number of unbranched alkanes of at least 4 members (excludes halogenated alkanes) is 1. The molecule has 0 aromatic heterocycles. The highest BCUT2D eigenvalue weighted by molar-refractivity contribution is 5.13.